The number of aliphatic hydroxyl groups is 2. The molecule has 0 radical (unpaired) electrons. The van der Waals surface area contributed by atoms with Crippen LogP contribution in [0, 0.1) is 0 Å². The molecule has 1 fully saturated rings. The summed E-state index contributed by atoms with van der Waals surface area (Å²) in [6.07, 6.45) is -3.40. The fourth-order valence-corrected chi connectivity index (χ4v) is 1.96. The van der Waals surface area contributed by atoms with Crippen molar-refractivity contribution in [2.45, 2.75) is 24.5 Å². The molecule has 0 aliphatic carbocycles. The smallest absolute Gasteiger partial charge is 0.330 e. The summed E-state index contributed by atoms with van der Waals surface area (Å²) >= 11 is 0. The van der Waals surface area contributed by atoms with Gasteiger partial charge >= 0.3 is 5.69 Å². The van der Waals surface area contributed by atoms with Crippen LogP contribution < -0.4 is 11.2 Å². The van der Waals surface area contributed by atoms with Gasteiger partial charge in [-0.25, -0.2) is 4.79 Å². The van der Waals surface area contributed by atoms with Crippen LogP contribution >= 0.6 is 0 Å². The molecule has 1 unspecified atom stereocenters. The van der Waals surface area contributed by atoms with Crippen LogP contribution in [-0.4, -0.2) is 51.2 Å². The summed E-state index contributed by atoms with van der Waals surface area (Å²) in [5, 5.41) is 19.0. The predicted octanol–water partition coefficient (Wildman–Crippen LogP) is -2.67. The summed E-state index contributed by atoms with van der Waals surface area (Å²) < 4.78 is 10.8. The van der Waals surface area contributed by atoms with Gasteiger partial charge in [-0.05, 0) is 0 Å². The molecule has 0 saturated carbocycles. The van der Waals surface area contributed by atoms with E-state index in [4.69, 9.17) is 9.84 Å². The molecule has 9 heteroatoms. The number of nitrogens with one attached hydrogen (secondary N) is 1. The van der Waals surface area contributed by atoms with Gasteiger partial charge in [-0.15, -0.1) is 0 Å². The van der Waals surface area contributed by atoms with Crippen molar-refractivity contribution in [3.8, 4) is 0 Å². The lowest BCUT2D eigenvalue weighted by Gasteiger charge is -2.17. The van der Waals surface area contributed by atoms with Crippen LogP contribution in [-0.2, 0) is 14.3 Å². The van der Waals surface area contributed by atoms with Crippen molar-refractivity contribution in [3.63, 3.8) is 0 Å². The fraction of sp³-hybridized carbons (Fsp3) is 0.500. The summed E-state index contributed by atoms with van der Waals surface area (Å²) in [6, 6.07) is 1.08. The normalized spacial score (nSPS) is 30.2. The largest absolute Gasteiger partial charge is 0.459 e. The topological polar surface area (TPSA) is 131 Å². The number of hydrogen-bond donors (Lipinski definition) is 3. The number of carbonyl (C=O) groups excluding carboxylic acids is 1. The quantitative estimate of drug-likeness (QED) is 0.509. The van der Waals surface area contributed by atoms with Gasteiger partial charge in [0.1, 0.15) is 12.2 Å². The van der Waals surface area contributed by atoms with Crippen molar-refractivity contribution in [1.29, 1.82) is 0 Å². The van der Waals surface area contributed by atoms with Gasteiger partial charge in [0.25, 0.3) is 12.0 Å². The lowest BCUT2D eigenvalue weighted by molar-refractivity contribution is -0.140. The summed E-state index contributed by atoms with van der Waals surface area (Å²) in [5.74, 6) is 0. The number of nitrogens with zero attached hydrogens (tertiary/aromatic N) is 1. The molecule has 1 saturated heterocycles. The second-order valence-electron chi connectivity index (χ2n) is 3.95. The van der Waals surface area contributed by atoms with Gasteiger partial charge < -0.3 is 19.7 Å². The van der Waals surface area contributed by atoms with Crippen LogP contribution in [0.2, 0.25) is 0 Å². The standard InChI is InChI=1S/C10H12N2O7/c13-3-5-8(18-4-14)7(16)9(19-5)12-2-1-6(15)11-10(12)17/h1-2,4-5,7-9,13,16H,3H2,(H,11,15,17)/t5-,7?,8+,9-/m1/s1. The average molecular weight is 272 g/mol. The van der Waals surface area contributed by atoms with Gasteiger partial charge in [0.05, 0.1) is 6.61 Å². The predicted molar refractivity (Wildman–Crippen MR) is 59.3 cm³/mol. The van der Waals surface area contributed by atoms with Gasteiger partial charge in [0, 0.05) is 12.3 Å². The monoisotopic (exact) mass is 272 g/mol. The molecule has 0 amide bonds. The highest BCUT2D eigenvalue weighted by Gasteiger charge is 2.46. The van der Waals surface area contributed by atoms with E-state index in [0.717, 1.165) is 16.8 Å². The van der Waals surface area contributed by atoms with Crippen LogP contribution in [0.4, 0.5) is 0 Å². The highest BCUT2D eigenvalue weighted by atomic mass is 16.6. The molecule has 1 aliphatic rings. The Morgan fingerprint density at radius 3 is 2.84 bits per heavy atom. The van der Waals surface area contributed by atoms with E-state index >= 15 is 0 Å². The number of ether oxygens (including phenoxy) is 2. The number of aliphatic hydroxyl groups excluding tert-OH is 2. The Labute approximate surface area is 106 Å². The Morgan fingerprint density at radius 2 is 2.26 bits per heavy atom. The molecule has 3 N–H and O–H groups in total. The zero-order chi connectivity index (χ0) is 14.0. The zero-order valence-corrected chi connectivity index (χ0v) is 9.63. The Balaban J connectivity index is 2.33. The van der Waals surface area contributed by atoms with Crippen molar-refractivity contribution >= 4 is 6.47 Å². The molecule has 0 spiro atoms. The summed E-state index contributed by atoms with van der Waals surface area (Å²) in [4.78, 5) is 34.9. The van der Waals surface area contributed by atoms with Gasteiger partial charge in [0.15, 0.2) is 12.3 Å². The first kappa shape index (κ1) is 13.5. The molecule has 1 aromatic heterocycles. The molecule has 2 rings (SSSR count). The second kappa shape index (κ2) is 5.34. The van der Waals surface area contributed by atoms with Crippen LogP contribution in [0.3, 0.4) is 0 Å². The summed E-state index contributed by atoms with van der Waals surface area (Å²) in [7, 11) is 0. The molecule has 0 bridgehead atoms. The Kier molecular flexibility index (Phi) is 3.79. The lowest BCUT2D eigenvalue weighted by atomic mass is 10.1. The third-order valence-corrected chi connectivity index (χ3v) is 2.83. The molecule has 0 aromatic carbocycles. The maximum atomic E-state index is 11.6. The first-order valence-corrected chi connectivity index (χ1v) is 5.43. The molecule has 1 aromatic rings. The Morgan fingerprint density at radius 1 is 1.53 bits per heavy atom. The van der Waals surface area contributed by atoms with Crippen molar-refractivity contribution in [1.82, 2.24) is 9.55 Å². The van der Waals surface area contributed by atoms with Crippen molar-refractivity contribution < 1.29 is 24.5 Å². The highest BCUT2D eigenvalue weighted by molar-refractivity contribution is 5.38. The second-order valence-corrected chi connectivity index (χ2v) is 3.95. The average Bonchev–Trinajstić information content (AvgIpc) is 2.68. The van der Waals surface area contributed by atoms with Crippen LogP contribution in [0.25, 0.3) is 0 Å². The van der Waals surface area contributed by atoms with Crippen molar-refractivity contribution in [3.05, 3.63) is 33.1 Å². The highest BCUT2D eigenvalue weighted by Crippen LogP contribution is 2.29. The van der Waals surface area contributed by atoms with E-state index in [1.807, 2.05) is 4.98 Å². The van der Waals surface area contributed by atoms with E-state index < -0.39 is 42.4 Å². The van der Waals surface area contributed by atoms with Crippen LogP contribution in [0.1, 0.15) is 6.23 Å². The maximum Gasteiger partial charge on any atom is 0.330 e. The van der Waals surface area contributed by atoms with Crippen LogP contribution in [0.15, 0.2) is 21.9 Å². The maximum absolute atomic E-state index is 11.6. The number of rotatable bonds is 4. The molecule has 104 valence electrons. The van der Waals surface area contributed by atoms with Crippen molar-refractivity contribution in [2.75, 3.05) is 6.61 Å². The summed E-state index contributed by atoms with van der Waals surface area (Å²) in [5.41, 5.74) is -1.37. The summed E-state index contributed by atoms with van der Waals surface area (Å²) in [6.45, 7) is -0.373. The van der Waals surface area contributed by atoms with Crippen molar-refractivity contribution in [2.24, 2.45) is 0 Å². The number of aromatic nitrogens is 2. The van der Waals surface area contributed by atoms with E-state index in [-0.39, 0.29) is 6.47 Å². The molecule has 1 aliphatic heterocycles. The number of H-pyrrole nitrogens is 1. The van der Waals surface area contributed by atoms with E-state index in [1.54, 1.807) is 0 Å². The zero-order valence-electron chi connectivity index (χ0n) is 9.63. The Hall–Kier alpha value is -1.97. The Bertz CT molecular complexity index is 565. The molecule has 9 nitrogen and oxygen atoms in total. The van der Waals surface area contributed by atoms with E-state index in [1.165, 1.54) is 0 Å². The van der Waals surface area contributed by atoms with E-state index in [2.05, 4.69) is 4.74 Å². The SMILES string of the molecule is O=CO[C@@H]1C(O)[C@H](n2ccc(=O)[nH]c2=O)O[C@@H]1CO. The van der Waals surface area contributed by atoms with Crippen LogP contribution in [0.5, 0.6) is 0 Å². The van der Waals surface area contributed by atoms with Gasteiger partial charge in [-0.1, -0.05) is 0 Å². The van der Waals surface area contributed by atoms with E-state index in [9.17, 15) is 19.5 Å². The van der Waals surface area contributed by atoms with Gasteiger partial charge in [-0.2, -0.15) is 0 Å². The first-order chi connectivity index (χ1) is 9.08. The lowest BCUT2D eigenvalue weighted by Crippen LogP contribution is -2.38. The minimum atomic E-state index is -1.34. The molecule has 19 heavy (non-hydrogen) atoms. The molecule has 4 atom stereocenters. The number of hydrogen-bond acceptors (Lipinski definition) is 7. The minimum absolute atomic E-state index is 0.123. The number of aromatic amines is 1. The third kappa shape index (κ3) is 2.43. The van der Waals surface area contributed by atoms with Gasteiger partial charge in [-0.3, -0.25) is 19.1 Å². The molecular weight excluding hydrogens is 260 g/mol. The molecular formula is C10H12N2O7. The first-order valence-electron chi connectivity index (χ1n) is 5.43. The third-order valence-electron chi connectivity index (χ3n) is 2.83. The van der Waals surface area contributed by atoms with Gasteiger partial charge in [0.2, 0.25) is 0 Å². The minimum Gasteiger partial charge on any atom is -0.459 e. The fourth-order valence-electron chi connectivity index (χ4n) is 1.96. The molecule has 2 heterocycles. The van der Waals surface area contributed by atoms with E-state index in [0.29, 0.717) is 0 Å². The number of carbonyl (C=O) groups is 1.